The molecule has 1 amide bonds. The molecule has 0 aliphatic carbocycles. The van der Waals surface area contributed by atoms with Gasteiger partial charge in [0.05, 0.1) is 27.1 Å². The normalized spacial score (nSPS) is 14.3. The van der Waals surface area contributed by atoms with Crippen LogP contribution in [0.3, 0.4) is 0 Å². The Labute approximate surface area is 198 Å². The van der Waals surface area contributed by atoms with Gasteiger partial charge in [0.15, 0.2) is 0 Å². The second-order valence-corrected chi connectivity index (χ2v) is 12.1. The molecule has 13 heteroatoms. The van der Waals surface area contributed by atoms with Gasteiger partial charge in [-0.25, -0.2) is 22.0 Å². The number of benzene rings is 2. The van der Waals surface area contributed by atoms with Crippen molar-refractivity contribution in [2.24, 2.45) is 5.14 Å². The maximum absolute atomic E-state index is 13.0. The largest absolute Gasteiger partial charge is 0.277 e. The van der Waals surface area contributed by atoms with E-state index in [4.69, 9.17) is 28.3 Å². The van der Waals surface area contributed by atoms with Crippen LogP contribution in [0.4, 0.5) is 17.1 Å². The number of carbonyl (C=O) groups is 1. The van der Waals surface area contributed by atoms with Crippen molar-refractivity contribution >= 4 is 77.6 Å². The summed E-state index contributed by atoms with van der Waals surface area (Å²) < 4.78 is 52.7. The molecule has 0 saturated heterocycles. The van der Waals surface area contributed by atoms with E-state index in [1.54, 1.807) is 17.5 Å². The molecule has 0 atom stereocenters. The predicted octanol–water partition coefficient (Wildman–Crippen LogP) is 4.11. The Morgan fingerprint density at radius 2 is 1.72 bits per heavy atom. The van der Waals surface area contributed by atoms with Crippen LogP contribution in [-0.2, 0) is 31.3 Å². The molecule has 0 unspecified atom stereocenters. The van der Waals surface area contributed by atoms with Crippen LogP contribution >= 0.6 is 34.5 Å². The summed E-state index contributed by atoms with van der Waals surface area (Å²) in [5, 5.41) is 7.10. The van der Waals surface area contributed by atoms with Gasteiger partial charge in [0, 0.05) is 6.42 Å². The molecule has 8 nitrogen and oxygen atoms in total. The van der Waals surface area contributed by atoms with Crippen molar-refractivity contribution in [1.29, 1.82) is 0 Å². The number of nitrogens with two attached hydrogens (primary N) is 1. The number of rotatable bonds is 5. The summed E-state index contributed by atoms with van der Waals surface area (Å²) >= 11 is 13.3. The molecule has 2 heterocycles. The van der Waals surface area contributed by atoms with Crippen LogP contribution in [0.15, 0.2) is 56.9 Å². The first-order valence-electron chi connectivity index (χ1n) is 9.02. The first kappa shape index (κ1) is 23.0. The first-order chi connectivity index (χ1) is 15.0. The Kier molecular flexibility index (Phi) is 5.99. The summed E-state index contributed by atoms with van der Waals surface area (Å²) in [6.07, 6.45) is 0.365. The molecular formula is C19H15Cl2N3O5S3. The lowest BCUT2D eigenvalue weighted by molar-refractivity contribution is -0.118. The average molecular weight is 532 g/mol. The lowest BCUT2D eigenvalue weighted by atomic mass is 10.00. The molecule has 32 heavy (non-hydrogen) atoms. The van der Waals surface area contributed by atoms with Gasteiger partial charge in [-0.05, 0) is 41.6 Å². The number of nitrogens with zero attached hydrogens (tertiary/aromatic N) is 1. The number of sulfonamides is 2. The molecule has 3 aromatic rings. The number of halogens is 2. The average Bonchev–Trinajstić information content (AvgIpc) is 3.25. The van der Waals surface area contributed by atoms with Gasteiger partial charge in [-0.1, -0.05) is 41.4 Å². The summed E-state index contributed by atoms with van der Waals surface area (Å²) in [5.41, 5.74) is 0.607. The fourth-order valence-corrected chi connectivity index (χ4v) is 6.54. The number of aryl methyl sites for hydroxylation is 1. The number of hydrogen-bond acceptors (Lipinski definition) is 6. The number of thiophene rings is 1. The zero-order valence-corrected chi connectivity index (χ0v) is 20.0. The van der Waals surface area contributed by atoms with Crippen molar-refractivity contribution in [3.8, 4) is 0 Å². The Morgan fingerprint density at radius 1 is 1.00 bits per heavy atom. The molecule has 4 rings (SSSR count). The van der Waals surface area contributed by atoms with Gasteiger partial charge in [-0.3, -0.25) is 14.4 Å². The van der Waals surface area contributed by atoms with E-state index in [0.29, 0.717) is 12.0 Å². The van der Waals surface area contributed by atoms with Crippen molar-refractivity contribution in [2.45, 2.75) is 21.9 Å². The number of amides is 1. The smallest absolute Gasteiger partial charge is 0.271 e. The number of anilines is 3. The van der Waals surface area contributed by atoms with Crippen LogP contribution in [0, 0.1) is 0 Å². The van der Waals surface area contributed by atoms with Crippen molar-refractivity contribution in [2.75, 3.05) is 9.62 Å². The molecule has 1 aromatic heterocycles. The van der Waals surface area contributed by atoms with Crippen LogP contribution in [0.1, 0.15) is 12.0 Å². The maximum atomic E-state index is 13.0. The summed E-state index contributed by atoms with van der Waals surface area (Å²) in [6, 6.07) is 10.1. The quantitative estimate of drug-likeness (QED) is 0.511. The fourth-order valence-electron chi connectivity index (χ4n) is 3.40. The predicted molar refractivity (Wildman–Crippen MR) is 125 cm³/mol. The van der Waals surface area contributed by atoms with Crippen molar-refractivity contribution in [3.63, 3.8) is 0 Å². The molecule has 0 spiro atoms. The lowest BCUT2D eigenvalue weighted by Gasteiger charge is -2.32. The number of nitrogens with one attached hydrogen (secondary N) is 1. The van der Waals surface area contributed by atoms with Crippen LogP contribution in [0.25, 0.3) is 0 Å². The molecule has 1 aliphatic heterocycles. The summed E-state index contributed by atoms with van der Waals surface area (Å²) in [4.78, 5) is 13.9. The van der Waals surface area contributed by atoms with Gasteiger partial charge in [-0.15, -0.1) is 11.3 Å². The van der Waals surface area contributed by atoms with E-state index in [1.165, 1.54) is 30.3 Å². The van der Waals surface area contributed by atoms with Crippen LogP contribution in [-0.4, -0.2) is 22.7 Å². The van der Waals surface area contributed by atoms with Crippen molar-refractivity contribution in [1.82, 2.24) is 0 Å². The molecular weight excluding hydrogens is 517 g/mol. The van der Waals surface area contributed by atoms with Gasteiger partial charge in [-0.2, -0.15) is 0 Å². The third-order valence-electron chi connectivity index (χ3n) is 4.75. The van der Waals surface area contributed by atoms with E-state index in [1.807, 2.05) is 0 Å². The van der Waals surface area contributed by atoms with Gasteiger partial charge >= 0.3 is 0 Å². The van der Waals surface area contributed by atoms with E-state index >= 15 is 0 Å². The van der Waals surface area contributed by atoms with E-state index in [0.717, 1.165) is 16.2 Å². The highest BCUT2D eigenvalue weighted by Gasteiger charge is 2.33. The molecule has 168 valence electrons. The van der Waals surface area contributed by atoms with Crippen LogP contribution in [0.5, 0.6) is 0 Å². The number of para-hydroxylation sites is 1. The number of hydrogen-bond donors (Lipinski definition) is 2. The minimum absolute atomic E-state index is 0.0292. The van der Waals surface area contributed by atoms with Gasteiger partial charge in [0.2, 0.25) is 15.9 Å². The highest BCUT2D eigenvalue weighted by Crippen LogP contribution is 2.44. The SMILES string of the molecule is NS(=O)(=O)c1cccc2c1N(c1cc(Cl)c(Cl)cc1NS(=O)(=O)c1cccs1)C(=O)CC2. The third-order valence-corrected chi connectivity index (χ3v) is 9.18. The number of primary sulfonamides is 1. The molecule has 2 aromatic carbocycles. The van der Waals surface area contributed by atoms with Gasteiger partial charge in [0.25, 0.3) is 10.0 Å². The Balaban J connectivity index is 1.96. The third kappa shape index (κ3) is 4.24. The Bertz CT molecular complexity index is 1440. The first-order valence-corrected chi connectivity index (χ1v) is 13.7. The summed E-state index contributed by atoms with van der Waals surface area (Å²) in [6.45, 7) is 0. The van der Waals surface area contributed by atoms with Crippen LogP contribution in [0.2, 0.25) is 10.0 Å². The van der Waals surface area contributed by atoms with Crippen molar-refractivity contribution in [3.05, 3.63) is 63.5 Å². The molecule has 0 saturated carbocycles. The molecule has 3 N–H and O–H groups in total. The summed E-state index contributed by atoms with van der Waals surface area (Å²) in [7, 11) is -8.21. The zero-order chi connectivity index (χ0) is 23.3. The van der Waals surface area contributed by atoms with E-state index < -0.39 is 26.0 Å². The second-order valence-electron chi connectivity index (χ2n) is 6.86. The van der Waals surface area contributed by atoms with Crippen LogP contribution < -0.4 is 14.8 Å². The van der Waals surface area contributed by atoms with Gasteiger partial charge in [0.1, 0.15) is 9.10 Å². The molecule has 0 radical (unpaired) electrons. The second kappa shape index (κ2) is 8.32. The topological polar surface area (TPSA) is 127 Å². The highest BCUT2D eigenvalue weighted by molar-refractivity contribution is 7.94. The minimum Gasteiger partial charge on any atom is -0.277 e. The lowest BCUT2D eigenvalue weighted by Crippen LogP contribution is -2.33. The molecule has 0 bridgehead atoms. The van der Waals surface area contributed by atoms with E-state index in [9.17, 15) is 21.6 Å². The number of fused-ring (bicyclic) bond motifs is 1. The summed E-state index contributed by atoms with van der Waals surface area (Å²) in [5.74, 6) is -0.455. The van der Waals surface area contributed by atoms with Gasteiger partial charge < -0.3 is 0 Å². The monoisotopic (exact) mass is 531 g/mol. The molecule has 1 aliphatic rings. The Morgan fingerprint density at radius 3 is 2.38 bits per heavy atom. The zero-order valence-electron chi connectivity index (χ0n) is 16.1. The molecule has 0 fully saturated rings. The minimum atomic E-state index is -4.20. The van der Waals surface area contributed by atoms with E-state index in [2.05, 4.69) is 4.72 Å². The fraction of sp³-hybridized carbons (Fsp3) is 0.105. The Hall–Kier alpha value is -2.15. The number of carbonyl (C=O) groups excluding carboxylic acids is 1. The standard InChI is InChI=1S/C19H15Cl2N3O5S3/c20-12-9-14(23-32(28,29)18-5-2-8-30-18)15(10-13(12)21)24-17(25)7-6-11-3-1-4-16(19(11)24)31(22,26)27/h1-5,8-10,23H,6-7H2,(H2,22,26,27). The highest BCUT2D eigenvalue weighted by atomic mass is 35.5. The van der Waals surface area contributed by atoms with Crippen molar-refractivity contribution < 1.29 is 21.6 Å². The van der Waals surface area contributed by atoms with E-state index in [-0.39, 0.29) is 42.6 Å². The maximum Gasteiger partial charge on any atom is 0.271 e.